The summed E-state index contributed by atoms with van der Waals surface area (Å²) in [6.07, 6.45) is 0. The molecule has 0 amide bonds. The highest BCUT2D eigenvalue weighted by molar-refractivity contribution is 8.01. The Balaban J connectivity index is 2.00. The van der Waals surface area contributed by atoms with Gasteiger partial charge in [-0.3, -0.25) is 9.59 Å². The number of hydrogen-bond donors (Lipinski definition) is 0. The van der Waals surface area contributed by atoms with Crippen molar-refractivity contribution in [2.75, 3.05) is 0 Å². The molecule has 3 aromatic rings. The van der Waals surface area contributed by atoms with E-state index in [0.717, 1.165) is 16.6 Å². The Morgan fingerprint density at radius 1 is 1.18 bits per heavy atom. The van der Waals surface area contributed by atoms with Crippen LogP contribution in [0.2, 0.25) is 0 Å². The lowest BCUT2D eigenvalue weighted by Gasteiger charge is -2.09. The Labute approximate surface area is 134 Å². The monoisotopic (exact) mass is 332 g/mol. The van der Waals surface area contributed by atoms with Gasteiger partial charge in [-0.15, -0.1) is 21.5 Å². The zero-order chi connectivity index (χ0) is 15.7. The molecule has 0 saturated carbocycles. The second kappa shape index (κ2) is 5.98. The molecular weight excluding hydrogens is 320 g/mol. The number of thiophene rings is 1. The molecule has 0 aliphatic heterocycles. The van der Waals surface area contributed by atoms with Crippen molar-refractivity contribution in [2.45, 2.75) is 24.1 Å². The van der Waals surface area contributed by atoms with Crippen LogP contribution in [0, 0.1) is 0 Å². The lowest BCUT2D eigenvalue weighted by Crippen LogP contribution is -2.22. The fourth-order valence-electron chi connectivity index (χ4n) is 1.97. The number of ketones is 2. The number of nitrogens with zero attached hydrogens (tertiary/aromatic N) is 4. The molecule has 112 valence electrons. The van der Waals surface area contributed by atoms with Gasteiger partial charge in [0.2, 0.25) is 0 Å². The SMILES string of the molecule is CC(=O)C(Sc1ccc2nnc(-c3cccs3)n2n1)C(C)=O. The number of rotatable bonds is 5. The van der Waals surface area contributed by atoms with Gasteiger partial charge in [-0.05, 0) is 37.4 Å². The third-order valence-corrected chi connectivity index (χ3v) is 5.18. The first kappa shape index (κ1) is 14.9. The van der Waals surface area contributed by atoms with Crippen molar-refractivity contribution in [2.24, 2.45) is 0 Å². The summed E-state index contributed by atoms with van der Waals surface area (Å²) < 4.78 is 1.63. The lowest BCUT2D eigenvalue weighted by atomic mass is 10.2. The van der Waals surface area contributed by atoms with Gasteiger partial charge in [0.25, 0.3) is 0 Å². The molecule has 6 nitrogen and oxygen atoms in total. The van der Waals surface area contributed by atoms with E-state index >= 15 is 0 Å². The highest BCUT2D eigenvalue weighted by Crippen LogP contribution is 2.26. The molecule has 0 radical (unpaired) electrons. The van der Waals surface area contributed by atoms with E-state index in [-0.39, 0.29) is 11.6 Å². The highest BCUT2D eigenvalue weighted by Gasteiger charge is 2.22. The predicted molar refractivity (Wildman–Crippen MR) is 85.1 cm³/mol. The molecule has 0 bridgehead atoms. The molecule has 0 saturated heterocycles. The smallest absolute Gasteiger partial charge is 0.195 e. The van der Waals surface area contributed by atoms with Crippen molar-refractivity contribution in [3.05, 3.63) is 29.6 Å². The zero-order valence-corrected chi connectivity index (χ0v) is 13.5. The first-order chi connectivity index (χ1) is 10.6. The molecule has 0 N–H and O–H groups in total. The zero-order valence-electron chi connectivity index (χ0n) is 11.9. The van der Waals surface area contributed by atoms with Gasteiger partial charge >= 0.3 is 0 Å². The van der Waals surface area contributed by atoms with Gasteiger partial charge < -0.3 is 0 Å². The summed E-state index contributed by atoms with van der Waals surface area (Å²) in [5, 5.41) is 14.5. The molecule has 22 heavy (non-hydrogen) atoms. The standard InChI is InChI=1S/C14H12N4O2S2/c1-8(19)13(9(2)20)22-12-6-5-11-15-16-14(18(11)17-12)10-4-3-7-21-10/h3-7,13H,1-2H3. The lowest BCUT2D eigenvalue weighted by molar-refractivity contribution is -0.123. The third-order valence-electron chi connectivity index (χ3n) is 2.96. The van der Waals surface area contributed by atoms with E-state index in [0.29, 0.717) is 16.5 Å². The largest absolute Gasteiger partial charge is 0.298 e. The van der Waals surface area contributed by atoms with E-state index in [9.17, 15) is 9.59 Å². The van der Waals surface area contributed by atoms with Crippen LogP contribution >= 0.6 is 23.1 Å². The van der Waals surface area contributed by atoms with Crippen molar-refractivity contribution >= 4 is 40.3 Å². The van der Waals surface area contributed by atoms with E-state index in [2.05, 4.69) is 15.3 Å². The normalized spacial score (nSPS) is 11.2. The van der Waals surface area contributed by atoms with Gasteiger partial charge in [-0.25, -0.2) is 0 Å². The van der Waals surface area contributed by atoms with E-state index < -0.39 is 5.25 Å². The van der Waals surface area contributed by atoms with Crippen molar-refractivity contribution < 1.29 is 9.59 Å². The van der Waals surface area contributed by atoms with Crippen LogP contribution in [-0.4, -0.2) is 36.6 Å². The minimum absolute atomic E-state index is 0.179. The number of carbonyl (C=O) groups excluding carboxylic acids is 2. The molecule has 0 atom stereocenters. The number of fused-ring (bicyclic) bond motifs is 1. The number of carbonyl (C=O) groups is 2. The van der Waals surface area contributed by atoms with Gasteiger partial charge in [0, 0.05) is 0 Å². The second-order valence-electron chi connectivity index (χ2n) is 4.66. The van der Waals surface area contributed by atoms with Crippen LogP contribution in [0.5, 0.6) is 0 Å². The minimum atomic E-state index is -0.730. The maximum absolute atomic E-state index is 11.6. The van der Waals surface area contributed by atoms with Gasteiger partial charge in [0.15, 0.2) is 23.0 Å². The Kier molecular flexibility index (Phi) is 4.04. The van der Waals surface area contributed by atoms with Crippen molar-refractivity contribution in [3.63, 3.8) is 0 Å². The maximum Gasteiger partial charge on any atom is 0.195 e. The molecule has 0 aliphatic rings. The minimum Gasteiger partial charge on any atom is -0.298 e. The van der Waals surface area contributed by atoms with Gasteiger partial charge in [0.1, 0.15) is 10.3 Å². The van der Waals surface area contributed by atoms with Crippen molar-refractivity contribution in [1.82, 2.24) is 19.8 Å². The third kappa shape index (κ3) is 2.79. The topological polar surface area (TPSA) is 77.2 Å². The Hall–Kier alpha value is -2.06. The number of hydrogen-bond acceptors (Lipinski definition) is 7. The average Bonchev–Trinajstić information content (AvgIpc) is 3.12. The molecule has 3 aromatic heterocycles. The van der Waals surface area contributed by atoms with Crippen LogP contribution in [0.4, 0.5) is 0 Å². The molecule has 0 aliphatic carbocycles. The Bertz CT molecular complexity index is 828. The number of aromatic nitrogens is 4. The van der Waals surface area contributed by atoms with Crippen LogP contribution in [0.25, 0.3) is 16.3 Å². The summed E-state index contributed by atoms with van der Waals surface area (Å²) >= 11 is 2.69. The molecular formula is C14H12N4O2S2. The first-order valence-electron chi connectivity index (χ1n) is 6.50. The van der Waals surface area contributed by atoms with E-state index in [1.54, 1.807) is 28.0 Å². The van der Waals surface area contributed by atoms with Gasteiger partial charge in [0.05, 0.1) is 4.88 Å². The molecule has 0 spiro atoms. The summed E-state index contributed by atoms with van der Waals surface area (Å²) in [6.45, 7) is 2.82. The van der Waals surface area contributed by atoms with Crippen LogP contribution < -0.4 is 0 Å². The van der Waals surface area contributed by atoms with Crippen LogP contribution in [-0.2, 0) is 9.59 Å². The summed E-state index contributed by atoms with van der Waals surface area (Å²) in [5.41, 5.74) is 0.620. The van der Waals surface area contributed by atoms with Crippen molar-refractivity contribution in [3.8, 4) is 10.7 Å². The quantitative estimate of drug-likeness (QED) is 0.528. The van der Waals surface area contributed by atoms with Crippen LogP contribution in [0.1, 0.15) is 13.8 Å². The predicted octanol–water partition coefficient (Wildman–Crippen LogP) is 2.49. The molecule has 3 rings (SSSR count). The maximum atomic E-state index is 11.6. The van der Waals surface area contributed by atoms with E-state index in [1.807, 2.05) is 17.5 Å². The fourth-order valence-corrected chi connectivity index (χ4v) is 3.51. The second-order valence-corrected chi connectivity index (χ2v) is 6.73. The average molecular weight is 332 g/mol. The van der Waals surface area contributed by atoms with Crippen LogP contribution in [0.3, 0.4) is 0 Å². The molecule has 0 aromatic carbocycles. The van der Waals surface area contributed by atoms with Gasteiger partial charge in [-0.1, -0.05) is 17.8 Å². The highest BCUT2D eigenvalue weighted by atomic mass is 32.2. The van der Waals surface area contributed by atoms with E-state index in [1.165, 1.54) is 13.8 Å². The number of thioether (sulfide) groups is 1. The molecule has 0 unspecified atom stereocenters. The molecule has 3 heterocycles. The fraction of sp³-hybridized carbons (Fsp3) is 0.214. The molecule has 8 heteroatoms. The Morgan fingerprint density at radius 2 is 1.95 bits per heavy atom. The first-order valence-corrected chi connectivity index (χ1v) is 8.26. The molecule has 0 fully saturated rings. The van der Waals surface area contributed by atoms with Crippen molar-refractivity contribution in [1.29, 1.82) is 0 Å². The summed E-state index contributed by atoms with van der Waals surface area (Å²) in [5.74, 6) is 0.290. The summed E-state index contributed by atoms with van der Waals surface area (Å²) in [6, 6.07) is 7.39. The number of Topliss-reactive ketones (excluding diaryl/α,β-unsaturated/α-hetero) is 2. The van der Waals surface area contributed by atoms with Crippen LogP contribution in [0.15, 0.2) is 34.7 Å². The van der Waals surface area contributed by atoms with Gasteiger partial charge in [-0.2, -0.15) is 9.61 Å². The summed E-state index contributed by atoms with van der Waals surface area (Å²) in [4.78, 5) is 24.1. The summed E-state index contributed by atoms with van der Waals surface area (Å²) in [7, 11) is 0. The van der Waals surface area contributed by atoms with E-state index in [4.69, 9.17) is 0 Å². The Morgan fingerprint density at radius 3 is 2.59 bits per heavy atom.